The summed E-state index contributed by atoms with van der Waals surface area (Å²) >= 11 is 0. The molecule has 2 rings (SSSR count). The minimum Gasteiger partial charge on any atom is -0.489 e. The van der Waals surface area contributed by atoms with E-state index in [1.165, 1.54) is 0 Å². The van der Waals surface area contributed by atoms with E-state index in [-0.39, 0.29) is 17.5 Å². The topological polar surface area (TPSA) is 74.4 Å². The lowest BCUT2D eigenvalue weighted by molar-refractivity contribution is 0.0988. The Morgan fingerprint density at radius 3 is 2.15 bits per heavy atom. The molecule has 140 valence electrons. The molecule has 0 spiro atoms. The summed E-state index contributed by atoms with van der Waals surface area (Å²) in [5.41, 5.74) is 9.63. The summed E-state index contributed by atoms with van der Waals surface area (Å²) in [6.07, 6.45) is 1.68. The molecular weight excluding hydrogens is 328 g/mol. The van der Waals surface area contributed by atoms with Gasteiger partial charge in [-0.3, -0.25) is 4.79 Å². The molecule has 0 atom stereocenters. The van der Waals surface area contributed by atoms with Gasteiger partial charge < -0.3 is 15.2 Å². The minimum absolute atomic E-state index is 0.00518. The standard InChI is InChI=1S/C21H28N2O3/c1-7-16(8-2)25-17-11-15(6)23-21(18(17)20(22)24)26-19-13(4)9-12(3)10-14(19)5/h9-11,16H,7-8H2,1-6H3,(H2,22,24). The number of hydrogen-bond acceptors (Lipinski definition) is 4. The van der Waals surface area contributed by atoms with Crippen LogP contribution in [-0.2, 0) is 0 Å². The van der Waals surface area contributed by atoms with E-state index in [0.29, 0.717) is 17.2 Å². The van der Waals surface area contributed by atoms with Crippen molar-refractivity contribution in [2.24, 2.45) is 5.73 Å². The number of rotatable bonds is 7. The van der Waals surface area contributed by atoms with E-state index >= 15 is 0 Å². The molecule has 5 heteroatoms. The van der Waals surface area contributed by atoms with E-state index in [2.05, 4.69) is 4.98 Å². The monoisotopic (exact) mass is 356 g/mol. The molecule has 2 N–H and O–H groups in total. The number of hydrogen-bond donors (Lipinski definition) is 1. The molecule has 1 amide bonds. The molecule has 0 saturated carbocycles. The van der Waals surface area contributed by atoms with Crippen LogP contribution in [0.1, 0.15) is 59.4 Å². The van der Waals surface area contributed by atoms with Gasteiger partial charge in [0, 0.05) is 11.8 Å². The summed E-state index contributed by atoms with van der Waals surface area (Å²) in [5.74, 6) is 0.685. The van der Waals surface area contributed by atoms with Crippen LogP contribution < -0.4 is 15.2 Å². The van der Waals surface area contributed by atoms with Crippen molar-refractivity contribution < 1.29 is 14.3 Å². The van der Waals surface area contributed by atoms with Gasteiger partial charge in [0.1, 0.15) is 17.1 Å². The zero-order valence-electron chi connectivity index (χ0n) is 16.5. The molecule has 0 unspecified atom stereocenters. The maximum Gasteiger partial charge on any atom is 0.258 e. The molecule has 1 heterocycles. The zero-order chi connectivity index (χ0) is 19.4. The Morgan fingerprint density at radius 2 is 1.65 bits per heavy atom. The number of ether oxygens (including phenoxy) is 2. The fraction of sp³-hybridized carbons (Fsp3) is 0.429. The van der Waals surface area contributed by atoms with Crippen LogP contribution in [0, 0.1) is 27.7 Å². The lowest BCUT2D eigenvalue weighted by Gasteiger charge is -2.20. The van der Waals surface area contributed by atoms with Crippen molar-refractivity contribution in [1.82, 2.24) is 4.98 Å². The van der Waals surface area contributed by atoms with Crippen molar-refractivity contribution >= 4 is 5.91 Å². The van der Waals surface area contributed by atoms with Crippen molar-refractivity contribution in [1.29, 1.82) is 0 Å². The first-order valence-electron chi connectivity index (χ1n) is 9.00. The van der Waals surface area contributed by atoms with Gasteiger partial charge in [-0.25, -0.2) is 4.98 Å². The predicted molar refractivity (Wildman–Crippen MR) is 103 cm³/mol. The van der Waals surface area contributed by atoms with Crippen LogP contribution in [-0.4, -0.2) is 17.0 Å². The Morgan fingerprint density at radius 1 is 1.08 bits per heavy atom. The average molecular weight is 356 g/mol. The molecule has 0 saturated heterocycles. The summed E-state index contributed by atoms with van der Waals surface area (Å²) < 4.78 is 12.1. The Hall–Kier alpha value is -2.56. The third kappa shape index (κ3) is 4.34. The van der Waals surface area contributed by atoms with E-state index in [1.54, 1.807) is 6.07 Å². The van der Waals surface area contributed by atoms with Gasteiger partial charge in [0.15, 0.2) is 0 Å². The highest BCUT2D eigenvalue weighted by Gasteiger charge is 2.22. The number of pyridine rings is 1. The second-order valence-electron chi connectivity index (χ2n) is 6.69. The van der Waals surface area contributed by atoms with Gasteiger partial charge in [-0.15, -0.1) is 0 Å². The van der Waals surface area contributed by atoms with Crippen LogP contribution in [0.25, 0.3) is 0 Å². The highest BCUT2D eigenvalue weighted by atomic mass is 16.5. The van der Waals surface area contributed by atoms with E-state index in [0.717, 1.165) is 29.5 Å². The van der Waals surface area contributed by atoms with Gasteiger partial charge >= 0.3 is 0 Å². The summed E-state index contributed by atoms with van der Waals surface area (Å²) in [5, 5.41) is 0. The van der Waals surface area contributed by atoms with E-state index in [4.69, 9.17) is 15.2 Å². The first-order chi connectivity index (χ1) is 12.3. The van der Waals surface area contributed by atoms with Crippen LogP contribution >= 0.6 is 0 Å². The van der Waals surface area contributed by atoms with Crippen molar-refractivity contribution in [2.45, 2.75) is 60.5 Å². The van der Waals surface area contributed by atoms with Crippen LogP contribution in [0.5, 0.6) is 17.4 Å². The number of nitrogens with two attached hydrogens (primary N) is 1. The van der Waals surface area contributed by atoms with Gasteiger partial charge in [-0.05, 0) is 51.7 Å². The number of aromatic nitrogens is 1. The first-order valence-corrected chi connectivity index (χ1v) is 9.00. The Bertz CT molecular complexity index is 788. The predicted octanol–water partition coefficient (Wildman–Crippen LogP) is 4.77. The van der Waals surface area contributed by atoms with Crippen LogP contribution in [0.2, 0.25) is 0 Å². The minimum atomic E-state index is -0.615. The maximum atomic E-state index is 12.1. The third-order valence-electron chi connectivity index (χ3n) is 4.33. The number of carbonyl (C=O) groups is 1. The van der Waals surface area contributed by atoms with Crippen LogP contribution in [0.15, 0.2) is 18.2 Å². The number of aryl methyl sites for hydroxylation is 4. The van der Waals surface area contributed by atoms with Gasteiger partial charge in [0.05, 0.1) is 6.10 Å². The summed E-state index contributed by atoms with van der Waals surface area (Å²) in [6.45, 7) is 11.9. The fourth-order valence-corrected chi connectivity index (χ4v) is 3.07. The quantitative estimate of drug-likeness (QED) is 0.775. The molecule has 1 aromatic heterocycles. The van der Waals surface area contributed by atoms with Crippen molar-refractivity contribution in [3.8, 4) is 17.4 Å². The average Bonchev–Trinajstić information content (AvgIpc) is 2.55. The van der Waals surface area contributed by atoms with Crippen LogP contribution in [0.3, 0.4) is 0 Å². The summed E-state index contributed by atoms with van der Waals surface area (Å²) in [4.78, 5) is 16.6. The van der Waals surface area contributed by atoms with E-state index < -0.39 is 5.91 Å². The smallest absolute Gasteiger partial charge is 0.258 e. The van der Waals surface area contributed by atoms with Crippen molar-refractivity contribution in [2.75, 3.05) is 0 Å². The molecule has 0 aliphatic carbocycles. The van der Waals surface area contributed by atoms with Gasteiger partial charge in [0.2, 0.25) is 5.88 Å². The molecule has 0 aliphatic heterocycles. The molecule has 2 aromatic rings. The second kappa shape index (κ2) is 8.21. The zero-order valence-corrected chi connectivity index (χ0v) is 16.5. The lowest BCUT2D eigenvalue weighted by atomic mass is 10.1. The number of benzene rings is 1. The fourth-order valence-electron chi connectivity index (χ4n) is 3.07. The molecular formula is C21H28N2O3. The molecule has 0 fully saturated rings. The molecule has 0 radical (unpaired) electrons. The van der Waals surface area contributed by atoms with Gasteiger partial charge in [-0.2, -0.15) is 0 Å². The number of nitrogens with zero attached hydrogens (tertiary/aromatic N) is 1. The molecule has 0 bridgehead atoms. The third-order valence-corrected chi connectivity index (χ3v) is 4.33. The summed E-state index contributed by atoms with van der Waals surface area (Å²) in [7, 11) is 0. The maximum absolute atomic E-state index is 12.1. The van der Waals surface area contributed by atoms with Gasteiger partial charge in [-0.1, -0.05) is 31.5 Å². The lowest BCUT2D eigenvalue weighted by Crippen LogP contribution is -2.20. The Labute approximate surface area is 155 Å². The molecule has 26 heavy (non-hydrogen) atoms. The second-order valence-corrected chi connectivity index (χ2v) is 6.69. The van der Waals surface area contributed by atoms with E-state index in [1.807, 2.05) is 53.7 Å². The Balaban J connectivity index is 2.55. The van der Waals surface area contributed by atoms with Crippen LogP contribution in [0.4, 0.5) is 0 Å². The largest absolute Gasteiger partial charge is 0.489 e. The number of amides is 1. The number of carbonyl (C=O) groups excluding carboxylic acids is 1. The highest BCUT2D eigenvalue weighted by molar-refractivity contribution is 5.98. The number of primary amides is 1. The molecule has 0 aliphatic rings. The molecule has 1 aromatic carbocycles. The van der Waals surface area contributed by atoms with E-state index in [9.17, 15) is 4.79 Å². The summed E-state index contributed by atoms with van der Waals surface area (Å²) in [6, 6.07) is 5.80. The van der Waals surface area contributed by atoms with Crippen molar-refractivity contribution in [3.05, 3.63) is 46.1 Å². The van der Waals surface area contributed by atoms with Crippen molar-refractivity contribution in [3.63, 3.8) is 0 Å². The SMILES string of the molecule is CCC(CC)Oc1cc(C)nc(Oc2c(C)cc(C)cc2C)c1C(N)=O. The molecule has 5 nitrogen and oxygen atoms in total. The highest BCUT2D eigenvalue weighted by Crippen LogP contribution is 2.35. The van der Waals surface area contributed by atoms with Gasteiger partial charge in [0.25, 0.3) is 5.91 Å². The normalized spacial score (nSPS) is 10.9. The first kappa shape index (κ1) is 19.8. The Kier molecular flexibility index (Phi) is 6.24.